The molecule has 1 aromatic rings. The number of hydrogen-bond acceptors (Lipinski definition) is 2. The van der Waals surface area contributed by atoms with Crippen molar-refractivity contribution in [3.63, 3.8) is 0 Å². The van der Waals surface area contributed by atoms with Gasteiger partial charge in [0, 0.05) is 11.4 Å². The second kappa shape index (κ2) is 4.15. The third-order valence-corrected chi connectivity index (χ3v) is 4.89. The number of rotatable bonds is 4. The minimum Gasteiger partial charge on any atom is -0.349 e. The molecule has 2 aliphatic rings. The van der Waals surface area contributed by atoms with E-state index in [2.05, 4.69) is 21.2 Å². The van der Waals surface area contributed by atoms with Crippen LogP contribution in [0.1, 0.15) is 36.0 Å². The maximum Gasteiger partial charge on any atom is 0.252 e. The summed E-state index contributed by atoms with van der Waals surface area (Å²) < 4.78 is 1.02. The molecule has 0 saturated heterocycles. The Morgan fingerprint density at radius 1 is 1.38 bits per heavy atom. The van der Waals surface area contributed by atoms with Crippen molar-refractivity contribution in [3.8, 4) is 0 Å². The Hall–Kier alpha value is -0.350. The molecule has 3 rings (SSSR count). The highest BCUT2D eigenvalue weighted by Crippen LogP contribution is 2.44. The van der Waals surface area contributed by atoms with Gasteiger partial charge in [0.15, 0.2) is 0 Å². The molecule has 1 aromatic heterocycles. The number of amides is 1. The van der Waals surface area contributed by atoms with Gasteiger partial charge in [-0.15, -0.1) is 11.3 Å². The van der Waals surface area contributed by atoms with Gasteiger partial charge >= 0.3 is 0 Å². The van der Waals surface area contributed by atoms with Crippen LogP contribution in [0.25, 0.3) is 0 Å². The predicted molar refractivity (Wildman–Crippen MR) is 68.7 cm³/mol. The molecule has 2 nitrogen and oxygen atoms in total. The molecule has 0 unspecified atom stereocenters. The van der Waals surface area contributed by atoms with E-state index < -0.39 is 0 Å². The van der Waals surface area contributed by atoms with Crippen molar-refractivity contribution in [1.82, 2.24) is 5.32 Å². The van der Waals surface area contributed by atoms with Crippen LogP contribution in [0.2, 0.25) is 0 Å². The van der Waals surface area contributed by atoms with Crippen LogP contribution < -0.4 is 5.32 Å². The van der Waals surface area contributed by atoms with E-state index in [4.69, 9.17) is 0 Å². The zero-order valence-corrected chi connectivity index (χ0v) is 11.3. The lowest BCUT2D eigenvalue weighted by atomic mass is 10.1. The SMILES string of the molecule is O=C(NC(C1CC1)C1CC1)c1csc(Br)c1. The van der Waals surface area contributed by atoms with Crippen molar-refractivity contribution in [1.29, 1.82) is 0 Å². The van der Waals surface area contributed by atoms with Gasteiger partial charge in [0.2, 0.25) is 0 Å². The van der Waals surface area contributed by atoms with Crippen LogP contribution >= 0.6 is 27.3 Å². The van der Waals surface area contributed by atoms with Crippen molar-refractivity contribution in [2.24, 2.45) is 11.8 Å². The fourth-order valence-electron chi connectivity index (χ4n) is 2.20. The normalized spacial score (nSPS) is 20.1. The summed E-state index contributed by atoms with van der Waals surface area (Å²) in [5.74, 6) is 1.63. The number of halogens is 1. The highest BCUT2D eigenvalue weighted by atomic mass is 79.9. The van der Waals surface area contributed by atoms with Crippen molar-refractivity contribution < 1.29 is 4.79 Å². The largest absolute Gasteiger partial charge is 0.349 e. The number of carbonyl (C=O) groups is 1. The first-order chi connectivity index (χ1) is 7.74. The van der Waals surface area contributed by atoms with Gasteiger partial charge in [0.25, 0.3) is 5.91 Å². The van der Waals surface area contributed by atoms with E-state index in [1.165, 1.54) is 25.7 Å². The van der Waals surface area contributed by atoms with E-state index in [9.17, 15) is 4.79 Å². The molecule has 1 heterocycles. The Kier molecular flexibility index (Phi) is 2.80. The van der Waals surface area contributed by atoms with Crippen LogP contribution in [0, 0.1) is 11.8 Å². The molecule has 86 valence electrons. The fourth-order valence-corrected chi connectivity index (χ4v) is 3.33. The lowest BCUT2D eigenvalue weighted by Gasteiger charge is -2.16. The number of thiophene rings is 1. The molecule has 0 atom stereocenters. The second-order valence-electron chi connectivity index (χ2n) is 4.81. The topological polar surface area (TPSA) is 29.1 Å². The van der Waals surface area contributed by atoms with E-state index in [-0.39, 0.29) is 5.91 Å². The smallest absolute Gasteiger partial charge is 0.252 e. The summed E-state index contributed by atoms with van der Waals surface area (Å²) >= 11 is 4.95. The Morgan fingerprint density at radius 3 is 2.44 bits per heavy atom. The molecule has 4 heteroatoms. The monoisotopic (exact) mass is 299 g/mol. The predicted octanol–water partition coefficient (Wildman–Crippen LogP) is 3.43. The van der Waals surface area contributed by atoms with Crippen LogP contribution in [-0.2, 0) is 0 Å². The van der Waals surface area contributed by atoms with Gasteiger partial charge < -0.3 is 5.32 Å². The van der Waals surface area contributed by atoms with E-state index in [1.807, 2.05) is 11.4 Å². The summed E-state index contributed by atoms with van der Waals surface area (Å²) in [6.45, 7) is 0. The molecule has 2 fully saturated rings. The van der Waals surface area contributed by atoms with Gasteiger partial charge in [-0.2, -0.15) is 0 Å². The summed E-state index contributed by atoms with van der Waals surface area (Å²) in [6, 6.07) is 2.35. The first-order valence-corrected chi connectivity index (χ1v) is 7.46. The molecule has 0 bridgehead atoms. The molecule has 0 spiro atoms. The Morgan fingerprint density at radius 2 is 2.00 bits per heavy atom. The number of nitrogens with one attached hydrogen (secondary N) is 1. The van der Waals surface area contributed by atoms with E-state index in [1.54, 1.807) is 11.3 Å². The summed E-state index contributed by atoms with van der Waals surface area (Å²) in [4.78, 5) is 12.0. The van der Waals surface area contributed by atoms with Crippen molar-refractivity contribution in [3.05, 3.63) is 20.8 Å². The maximum atomic E-state index is 12.0. The highest BCUT2D eigenvalue weighted by molar-refractivity contribution is 9.11. The van der Waals surface area contributed by atoms with E-state index >= 15 is 0 Å². The lowest BCUT2D eigenvalue weighted by Crippen LogP contribution is -2.37. The van der Waals surface area contributed by atoms with Crippen LogP contribution in [0.5, 0.6) is 0 Å². The van der Waals surface area contributed by atoms with Crippen LogP contribution in [0.15, 0.2) is 15.2 Å². The summed E-state index contributed by atoms with van der Waals surface area (Å²) in [5.41, 5.74) is 0.795. The molecule has 0 radical (unpaired) electrons. The Bertz CT molecular complexity index is 397. The third-order valence-electron chi connectivity index (χ3n) is 3.39. The van der Waals surface area contributed by atoms with Gasteiger partial charge in [0.05, 0.1) is 9.35 Å². The first kappa shape index (κ1) is 10.8. The average Bonchev–Trinajstić information content (AvgIpc) is 3.14. The molecule has 2 saturated carbocycles. The van der Waals surface area contributed by atoms with E-state index in [0.29, 0.717) is 6.04 Å². The van der Waals surface area contributed by atoms with Gasteiger partial charge in [-0.25, -0.2) is 0 Å². The standard InChI is InChI=1S/C12H14BrNOS/c13-10-5-9(6-16-10)12(15)14-11(7-1-2-7)8-3-4-8/h5-8,11H,1-4H2,(H,14,15). The Labute approximate surface area is 108 Å². The Balaban J connectivity index is 1.66. The molecular weight excluding hydrogens is 286 g/mol. The zero-order valence-electron chi connectivity index (χ0n) is 8.91. The van der Waals surface area contributed by atoms with Crippen molar-refractivity contribution in [2.45, 2.75) is 31.7 Å². The van der Waals surface area contributed by atoms with Gasteiger partial charge in [-0.3, -0.25) is 4.79 Å². The van der Waals surface area contributed by atoms with Crippen LogP contribution in [0.3, 0.4) is 0 Å². The highest BCUT2D eigenvalue weighted by Gasteiger charge is 2.42. The third kappa shape index (κ3) is 2.33. The summed E-state index contributed by atoms with van der Waals surface area (Å²) in [6.07, 6.45) is 5.20. The fraction of sp³-hybridized carbons (Fsp3) is 0.583. The van der Waals surface area contributed by atoms with Gasteiger partial charge in [-0.05, 0) is 59.5 Å². The van der Waals surface area contributed by atoms with Gasteiger partial charge in [-0.1, -0.05) is 0 Å². The van der Waals surface area contributed by atoms with Crippen molar-refractivity contribution >= 4 is 33.2 Å². The quantitative estimate of drug-likeness (QED) is 0.907. The molecule has 1 N–H and O–H groups in total. The molecule has 0 aliphatic heterocycles. The average molecular weight is 300 g/mol. The minimum absolute atomic E-state index is 0.103. The molecule has 16 heavy (non-hydrogen) atoms. The maximum absolute atomic E-state index is 12.0. The molecule has 1 amide bonds. The molecular formula is C12H14BrNOS. The zero-order chi connectivity index (χ0) is 11.1. The minimum atomic E-state index is 0.103. The summed E-state index contributed by atoms with van der Waals surface area (Å²) in [7, 11) is 0. The van der Waals surface area contributed by atoms with Crippen LogP contribution in [-0.4, -0.2) is 11.9 Å². The molecule has 2 aliphatic carbocycles. The second-order valence-corrected chi connectivity index (χ2v) is 7.10. The number of hydrogen-bond donors (Lipinski definition) is 1. The van der Waals surface area contributed by atoms with Crippen LogP contribution in [0.4, 0.5) is 0 Å². The van der Waals surface area contributed by atoms with E-state index in [0.717, 1.165) is 21.2 Å². The molecule has 0 aromatic carbocycles. The first-order valence-electron chi connectivity index (χ1n) is 5.79. The van der Waals surface area contributed by atoms with Gasteiger partial charge in [0.1, 0.15) is 0 Å². The lowest BCUT2D eigenvalue weighted by molar-refractivity contribution is 0.0927. The number of carbonyl (C=O) groups excluding carboxylic acids is 1. The summed E-state index contributed by atoms with van der Waals surface area (Å²) in [5, 5.41) is 5.13. The van der Waals surface area contributed by atoms with Crippen molar-refractivity contribution in [2.75, 3.05) is 0 Å².